The zero-order chi connectivity index (χ0) is 12.9. The van der Waals surface area contributed by atoms with E-state index < -0.39 is 0 Å². The molecule has 0 unspecified atom stereocenters. The molecule has 17 heavy (non-hydrogen) atoms. The summed E-state index contributed by atoms with van der Waals surface area (Å²) in [6.07, 6.45) is 0.987. The number of ether oxygens (including phenoxy) is 1. The first-order chi connectivity index (χ1) is 7.96. The van der Waals surface area contributed by atoms with Gasteiger partial charge in [-0.25, -0.2) is 0 Å². The lowest BCUT2D eigenvalue weighted by molar-refractivity contribution is 0.157. The third-order valence-corrected chi connectivity index (χ3v) is 3.09. The predicted octanol–water partition coefficient (Wildman–Crippen LogP) is 3.40. The van der Waals surface area contributed by atoms with Crippen molar-refractivity contribution in [3.63, 3.8) is 0 Å². The van der Waals surface area contributed by atoms with Gasteiger partial charge >= 0.3 is 0 Å². The van der Waals surface area contributed by atoms with Gasteiger partial charge in [0.25, 0.3) is 0 Å². The van der Waals surface area contributed by atoms with Crippen molar-refractivity contribution in [2.45, 2.75) is 20.3 Å². The van der Waals surface area contributed by atoms with Gasteiger partial charge in [0.05, 0.1) is 16.4 Å². The number of nitrogen functional groups attached to an aromatic ring is 1. The molecule has 4 heteroatoms. The molecule has 0 amide bonds. The Hall–Kier alpha value is -0.930. The normalized spacial score (nSPS) is 11.5. The van der Waals surface area contributed by atoms with E-state index >= 15 is 0 Å². The summed E-state index contributed by atoms with van der Waals surface area (Å²) in [6.45, 7) is 5.94. The maximum atomic E-state index is 6.10. The third kappa shape index (κ3) is 4.44. The second kappa shape index (κ2) is 6.12. The van der Waals surface area contributed by atoms with Crippen LogP contribution in [0.5, 0.6) is 0 Å². The molecule has 1 rings (SSSR count). The van der Waals surface area contributed by atoms with Crippen LogP contribution in [-0.2, 0) is 4.74 Å². The van der Waals surface area contributed by atoms with Crippen LogP contribution in [0.15, 0.2) is 18.2 Å². The molecule has 3 nitrogen and oxygen atoms in total. The van der Waals surface area contributed by atoms with Crippen molar-refractivity contribution in [3.05, 3.63) is 23.2 Å². The molecule has 0 fully saturated rings. The quantitative estimate of drug-likeness (QED) is 0.767. The third-order valence-electron chi connectivity index (χ3n) is 2.77. The number of nitrogens with two attached hydrogens (primary N) is 1. The summed E-state index contributed by atoms with van der Waals surface area (Å²) in [5.41, 5.74) is 7.52. The van der Waals surface area contributed by atoms with Crippen LogP contribution in [0, 0.1) is 5.41 Å². The Labute approximate surface area is 108 Å². The number of nitrogens with one attached hydrogen (secondary N) is 1. The van der Waals surface area contributed by atoms with Crippen molar-refractivity contribution in [1.82, 2.24) is 0 Å². The highest BCUT2D eigenvalue weighted by Gasteiger charge is 2.18. The monoisotopic (exact) mass is 256 g/mol. The van der Waals surface area contributed by atoms with Crippen LogP contribution in [0.3, 0.4) is 0 Å². The van der Waals surface area contributed by atoms with E-state index in [1.54, 1.807) is 7.11 Å². The first-order valence-corrected chi connectivity index (χ1v) is 6.11. The van der Waals surface area contributed by atoms with E-state index in [2.05, 4.69) is 19.2 Å². The summed E-state index contributed by atoms with van der Waals surface area (Å²) in [6, 6.07) is 5.53. The Bertz CT molecular complexity index is 346. The van der Waals surface area contributed by atoms with Crippen molar-refractivity contribution >= 4 is 23.0 Å². The van der Waals surface area contributed by atoms with E-state index in [0.717, 1.165) is 25.3 Å². The van der Waals surface area contributed by atoms with Gasteiger partial charge in [0.2, 0.25) is 0 Å². The molecule has 96 valence electrons. The van der Waals surface area contributed by atoms with Gasteiger partial charge in [-0.15, -0.1) is 0 Å². The van der Waals surface area contributed by atoms with Crippen LogP contribution in [0.1, 0.15) is 20.3 Å². The average molecular weight is 257 g/mol. The zero-order valence-electron chi connectivity index (χ0n) is 10.7. The first-order valence-electron chi connectivity index (χ1n) is 5.73. The fourth-order valence-electron chi connectivity index (χ4n) is 1.52. The van der Waals surface area contributed by atoms with Gasteiger partial charge < -0.3 is 15.8 Å². The summed E-state index contributed by atoms with van der Waals surface area (Å²) >= 11 is 6.10. The molecular formula is C13H21ClN2O. The van der Waals surface area contributed by atoms with Gasteiger partial charge in [0, 0.05) is 20.3 Å². The number of halogens is 1. The van der Waals surface area contributed by atoms with Crippen LogP contribution in [0.25, 0.3) is 0 Å². The molecule has 0 radical (unpaired) electrons. The highest BCUT2D eigenvalue weighted by Crippen LogP contribution is 2.30. The second-order valence-electron chi connectivity index (χ2n) is 4.96. The van der Waals surface area contributed by atoms with E-state index in [0.29, 0.717) is 10.7 Å². The van der Waals surface area contributed by atoms with Gasteiger partial charge in [-0.05, 0) is 24.0 Å². The largest absolute Gasteiger partial charge is 0.397 e. The van der Waals surface area contributed by atoms with E-state index in [9.17, 15) is 0 Å². The predicted molar refractivity (Wildman–Crippen MR) is 74.6 cm³/mol. The maximum Gasteiger partial charge on any atom is 0.0763 e. The molecule has 0 bridgehead atoms. The van der Waals surface area contributed by atoms with Crippen molar-refractivity contribution in [3.8, 4) is 0 Å². The minimum Gasteiger partial charge on any atom is -0.397 e. The summed E-state index contributed by atoms with van der Waals surface area (Å²) in [5.74, 6) is 0. The van der Waals surface area contributed by atoms with Crippen LogP contribution in [0.4, 0.5) is 11.4 Å². The molecular weight excluding hydrogens is 236 g/mol. The van der Waals surface area contributed by atoms with Gasteiger partial charge in [-0.2, -0.15) is 0 Å². The number of hydrogen-bond donors (Lipinski definition) is 2. The SMILES string of the molecule is COCCC(C)(C)CNc1c(N)cccc1Cl. The van der Waals surface area contributed by atoms with E-state index in [1.807, 2.05) is 18.2 Å². The summed E-state index contributed by atoms with van der Waals surface area (Å²) in [5, 5.41) is 3.98. The van der Waals surface area contributed by atoms with Crippen molar-refractivity contribution in [2.75, 3.05) is 31.3 Å². The average Bonchev–Trinajstić information content (AvgIpc) is 2.26. The fourth-order valence-corrected chi connectivity index (χ4v) is 1.77. The molecule has 0 aromatic heterocycles. The Kier molecular flexibility index (Phi) is 5.09. The van der Waals surface area contributed by atoms with Crippen LogP contribution >= 0.6 is 11.6 Å². The molecule has 0 spiro atoms. The number of hydrogen-bond acceptors (Lipinski definition) is 3. The number of para-hydroxylation sites is 1. The molecule has 1 aromatic rings. The van der Waals surface area contributed by atoms with Crippen LogP contribution < -0.4 is 11.1 Å². The smallest absolute Gasteiger partial charge is 0.0763 e. The van der Waals surface area contributed by atoms with Crippen LogP contribution in [0.2, 0.25) is 5.02 Å². The molecule has 3 N–H and O–H groups in total. The molecule has 0 heterocycles. The van der Waals surface area contributed by atoms with E-state index in [-0.39, 0.29) is 5.41 Å². The van der Waals surface area contributed by atoms with E-state index in [4.69, 9.17) is 22.1 Å². The second-order valence-corrected chi connectivity index (χ2v) is 5.37. The van der Waals surface area contributed by atoms with E-state index in [1.165, 1.54) is 0 Å². The maximum absolute atomic E-state index is 6.10. The Morgan fingerprint density at radius 2 is 2.12 bits per heavy atom. The Morgan fingerprint density at radius 1 is 1.41 bits per heavy atom. The number of methoxy groups -OCH3 is 1. The van der Waals surface area contributed by atoms with Crippen LogP contribution in [-0.4, -0.2) is 20.3 Å². The van der Waals surface area contributed by atoms with Crippen molar-refractivity contribution in [1.29, 1.82) is 0 Å². The summed E-state index contributed by atoms with van der Waals surface area (Å²) in [4.78, 5) is 0. The zero-order valence-corrected chi connectivity index (χ0v) is 11.5. The minimum absolute atomic E-state index is 0.140. The van der Waals surface area contributed by atoms with Gasteiger partial charge in [-0.3, -0.25) is 0 Å². The van der Waals surface area contributed by atoms with Gasteiger partial charge in [0.1, 0.15) is 0 Å². The molecule has 0 aliphatic rings. The lowest BCUT2D eigenvalue weighted by atomic mass is 9.89. The fraction of sp³-hybridized carbons (Fsp3) is 0.538. The Morgan fingerprint density at radius 3 is 2.71 bits per heavy atom. The first kappa shape index (κ1) is 14.1. The highest BCUT2D eigenvalue weighted by molar-refractivity contribution is 6.33. The van der Waals surface area contributed by atoms with Crippen molar-refractivity contribution < 1.29 is 4.74 Å². The molecule has 1 aromatic carbocycles. The standard InChI is InChI=1S/C13H21ClN2O/c1-13(2,7-8-17-3)9-16-12-10(14)5-4-6-11(12)15/h4-6,16H,7-9,15H2,1-3H3. The molecule has 0 aliphatic heterocycles. The molecule has 0 aliphatic carbocycles. The highest BCUT2D eigenvalue weighted by atomic mass is 35.5. The number of benzene rings is 1. The lowest BCUT2D eigenvalue weighted by Gasteiger charge is -2.26. The van der Waals surface area contributed by atoms with Gasteiger partial charge in [0.15, 0.2) is 0 Å². The number of rotatable bonds is 6. The number of anilines is 2. The minimum atomic E-state index is 0.140. The van der Waals surface area contributed by atoms with Gasteiger partial charge in [-0.1, -0.05) is 31.5 Å². The lowest BCUT2D eigenvalue weighted by Crippen LogP contribution is -2.25. The summed E-state index contributed by atoms with van der Waals surface area (Å²) < 4.78 is 5.10. The summed E-state index contributed by atoms with van der Waals surface area (Å²) in [7, 11) is 1.72. The Balaban J connectivity index is 2.60. The topological polar surface area (TPSA) is 47.3 Å². The molecule has 0 saturated carbocycles. The molecule has 0 atom stereocenters. The van der Waals surface area contributed by atoms with Crippen molar-refractivity contribution in [2.24, 2.45) is 5.41 Å². The molecule has 0 saturated heterocycles.